The van der Waals surface area contributed by atoms with Crippen molar-refractivity contribution in [1.82, 2.24) is 15.3 Å². The Morgan fingerprint density at radius 3 is 2.59 bits per heavy atom. The Bertz CT molecular complexity index is 1140. The van der Waals surface area contributed by atoms with E-state index in [0.29, 0.717) is 5.88 Å². The van der Waals surface area contributed by atoms with E-state index in [0.717, 1.165) is 75.9 Å². The van der Waals surface area contributed by atoms with Gasteiger partial charge in [0.25, 0.3) is 5.16 Å². The Hall–Kier alpha value is -2.70. The molecule has 0 amide bonds. The molecule has 8 nitrogen and oxygen atoms in total. The number of aromatic nitrogens is 2. The number of anilines is 1. The monoisotopic (exact) mass is 455 g/mol. The molecule has 1 fully saturated rings. The van der Waals surface area contributed by atoms with E-state index in [-0.39, 0.29) is 5.16 Å². The number of piperazine rings is 1. The molecule has 3 aliphatic rings. The van der Waals surface area contributed by atoms with E-state index in [1.807, 2.05) is 0 Å². The molecule has 1 aliphatic carbocycles. The highest BCUT2D eigenvalue weighted by atomic mass is 32.2. The molecule has 1 atom stereocenters. The number of nitriles is 1. The summed E-state index contributed by atoms with van der Waals surface area (Å²) in [4.78, 5) is 11.0. The minimum Gasteiger partial charge on any atom is -0.466 e. The molecule has 0 radical (unpaired) electrons. The molecular formula is C23H29N5O3S. The number of ether oxygens (including phenoxy) is 1. The molecule has 3 heterocycles. The molecule has 0 bridgehead atoms. The zero-order chi connectivity index (χ0) is 22.8. The summed E-state index contributed by atoms with van der Waals surface area (Å²) in [7, 11) is -3.54. The van der Waals surface area contributed by atoms with Crippen LogP contribution < -0.4 is 15.0 Å². The van der Waals surface area contributed by atoms with Gasteiger partial charge in [-0.2, -0.15) is 10.2 Å². The average Bonchev–Trinajstić information content (AvgIpc) is 2.79. The summed E-state index contributed by atoms with van der Waals surface area (Å²) >= 11 is 0. The smallest absolute Gasteiger partial charge is 0.252 e. The maximum absolute atomic E-state index is 12.3. The summed E-state index contributed by atoms with van der Waals surface area (Å²) in [6, 6.07) is 10.2. The van der Waals surface area contributed by atoms with Crippen molar-refractivity contribution < 1.29 is 13.2 Å². The Morgan fingerprint density at radius 1 is 1.16 bits per heavy atom. The van der Waals surface area contributed by atoms with E-state index >= 15 is 0 Å². The van der Waals surface area contributed by atoms with Crippen LogP contribution in [-0.2, 0) is 28.3 Å². The molecule has 32 heavy (non-hydrogen) atoms. The fourth-order valence-electron chi connectivity index (χ4n) is 4.85. The predicted molar refractivity (Wildman–Crippen MR) is 122 cm³/mol. The average molecular weight is 456 g/mol. The van der Waals surface area contributed by atoms with Gasteiger partial charge in [-0.3, -0.25) is 0 Å². The number of hydrogen-bond donors (Lipinski definition) is 1. The van der Waals surface area contributed by atoms with Crippen molar-refractivity contribution in [3.05, 3.63) is 41.0 Å². The molecule has 9 heteroatoms. The second kappa shape index (κ2) is 9.04. The topological polar surface area (TPSA) is 108 Å². The van der Waals surface area contributed by atoms with Gasteiger partial charge in [0, 0.05) is 39.4 Å². The van der Waals surface area contributed by atoms with E-state index in [4.69, 9.17) is 10.00 Å². The first-order valence-corrected chi connectivity index (χ1v) is 12.9. The highest BCUT2D eigenvalue weighted by Crippen LogP contribution is 2.47. The van der Waals surface area contributed by atoms with Crippen LogP contribution in [0.4, 0.5) is 5.82 Å². The van der Waals surface area contributed by atoms with Gasteiger partial charge < -0.3 is 15.0 Å². The largest absolute Gasteiger partial charge is 0.466 e. The highest BCUT2D eigenvalue weighted by molar-refractivity contribution is 7.90. The maximum Gasteiger partial charge on any atom is 0.252 e. The van der Waals surface area contributed by atoms with Crippen LogP contribution in [0.1, 0.15) is 42.9 Å². The van der Waals surface area contributed by atoms with Crippen LogP contribution in [0.2, 0.25) is 0 Å². The third kappa shape index (κ3) is 4.30. The minimum atomic E-state index is -3.54. The number of fused-ring (bicyclic) bond motifs is 3. The van der Waals surface area contributed by atoms with E-state index < -0.39 is 15.4 Å². The van der Waals surface area contributed by atoms with Crippen LogP contribution in [0.3, 0.4) is 0 Å². The molecule has 170 valence electrons. The molecular weight excluding hydrogens is 426 g/mol. The summed E-state index contributed by atoms with van der Waals surface area (Å²) in [5.41, 5.74) is 3.06. The molecule has 1 aromatic carbocycles. The first kappa shape index (κ1) is 22.5. The Labute approximate surface area is 189 Å². The van der Waals surface area contributed by atoms with Crippen molar-refractivity contribution in [2.45, 2.75) is 49.8 Å². The molecule has 1 unspecified atom stereocenters. The summed E-state index contributed by atoms with van der Waals surface area (Å²) in [5.74, 6) is 1.16. The lowest BCUT2D eigenvalue weighted by Crippen LogP contribution is -2.45. The van der Waals surface area contributed by atoms with E-state index in [2.05, 4.69) is 44.5 Å². The normalized spacial score (nSPS) is 22.0. The van der Waals surface area contributed by atoms with E-state index in [1.54, 1.807) is 6.07 Å². The molecule has 2 aromatic rings. The minimum absolute atomic E-state index is 0.147. The SMILES string of the molecule is CC#N.CS(=O)(=O)c1nc2c(c(N3CCNCC3)n1)CCC1(CCCc3ccccc31)O2. The fourth-order valence-corrected chi connectivity index (χ4v) is 5.35. The number of nitrogens with one attached hydrogen (secondary N) is 1. The Balaban J connectivity index is 0.000000775. The quantitative estimate of drug-likeness (QED) is 0.688. The van der Waals surface area contributed by atoms with E-state index in [1.165, 1.54) is 18.1 Å². The molecule has 1 saturated heterocycles. The molecule has 0 saturated carbocycles. The van der Waals surface area contributed by atoms with E-state index in [9.17, 15) is 8.42 Å². The molecule has 5 rings (SSSR count). The summed E-state index contributed by atoms with van der Waals surface area (Å²) in [6.07, 6.45) is 5.83. The highest BCUT2D eigenvalue weighted by Gasteiger charge is 2.43. The molecule has 1 spiro atoms. The number of sulfone groups is 1. The van der Waals surface area contributed by atoms with Crippen molar-refractivity contribution in [3.63, 3.8) is 0 Å². The van der Waals surface area contributed by atoms with Crippen molar-refractivity contribution in [2.75, 3.05) is 37.3 Å². The van der Waals surface area contributed by atoms with Gasteiger partial charge in [0.05, 0.1) is 11.6 Å². The summed E-state index contributed by atoms with van der Waals surface area (Å²) in [5, 5.41) is 10.5. The second-order valence-corrected chi connectivity index (χ2v) is 10.4. The first-order chi connectivity index (χ1) is 15.4. The van der Waals surface area contributed by atoms with Gasteiger partial charge in [0.1, 0.15) is 11.4 Å². The third-order valence-corrected chi connectivity index (χ3v) is 7.13. The van der Waals surface area contributed by atoms with Crippen molar-refractivity contribution >= 4 is 15.7 Å². The summed E-state index contributed by atoms with van der Waals surface area (Å²) in [6.45, 7) is 4.72. The number of benzene rings is 1. The van der Waals surface area contributed by atoms with Crippen LogP contribution in [0.5, 0.6) is 5.88 Å². The second-order valence-electron chi connectivity index (χ2n) is 8.45. The lowest BCUT2D eigenvalue weighted by Gasteiger charge is -2.43. The molecule has 2 aliphatic heterocycles. The molecule has 1 N–H and O–H groups in total. The number of rotatable bonds is 2. The van der Waals surface area contributed by atoms with Gasteiger partial charge in [-0.25, -0.2) is 13.4 Å². The maximum atomic E-state index is 12.3. The van der Waals surface area contributed by atoms with Crippen LogP contribution in [0.15, 0.2) is 29.4 Å². The number of hydrogen-bond acceptors (Lipinski definition) is 8. The summed E-state index contributed by atoms with van der Waals surface area (Å²) < 4.78 is 31.2. The zero-order valence-electron chi connectivity index (χ0n) is 18.6. The van der Waals surface area contributed by atoms with Crippen LogP contribution in [0, 0.1) is 11.3 Å². The van der Waals surface area contributed by atoms with Gasteiger partial charge >= 0.3 is 0 Å². The Kier molecular flexibility index (Phi) is 6.35. The van der Waals surface area contributed by atoms with Crippen LogP contribution >= 0.6 is 0 Å². The number of aryl methyl sites for hydroxylation is 1. The van der Waals surface area contributed by atoms with Gasteiger partial charge in [0.2, 0.25) is 15.7 Å². The third-order valence-electron chi connectivity index (χ3n) is 6.28. The standard InChI is InChI=1S/C21H26N4O3S.C2H3N/c1-29(26,27)20-23-18(25-13-11-22-12-14-25)16-8-10-21(28-19(16)24-20)9-4-6-15-5-2-3-7-17(15)21;1-2-3/h2-3,5,7,22H,4,6,8-14H2,1H3;1H3. The predicted octanol–water partition coefficient (Wildman–Crippen LogP) is 2.38. The Morgan fingerprint density at radius 2 is 1.88 bits per heavy atom. The molecule has 1 aromatic heterocycles. The van der Waals surface area contributed by atoms with Gasteiger partial charge in [0.15, 0.2) is 0 Å². The van der Waals surface area contributed by atoms with Crippen molar-refractivity contribution in [1.29, 1.82) is 5.26 Å². The van der Waals surface area contributed by atoms with Gasteiger partial charge in [-0.15, -0.1) is 0 Å². The van der Waals surface area contributed by atoms with Crippen molar-refractivity contribution in [2.24, 2.45) is 0 Å². The lowest BCUT2D eigenvalue weighted by molar-refractivity contribution is 0.0192. The lowest BCUT2D eigenvalue weighted by atomic mass is 9.75. The van der Waals surface area contributed by atoms with Crippen LogP contribution in [0.25, 0.3) is 0 Å². The van der Waals surface area contributed by atoms with Gasteiger partial charge in [-0.05, 0) is 43.2 Å². The zero-order valence-corrected chi connectivity index (χ0v) is 19.4. The number of nitrogens with zero attached hydrogens (tertiary/aromatic N) is 4. The van der Waals surface area contributed by atoms with Crippen molar-refractivity contribution in [3.8, 4) is 11.9 Å². The van der Waals surface area contributed by atoms with Gasteiger partial charge in [-0.1, -0.05) is 24.3 Å². The fraction of sp³-hybridized carbons (Fsp3) is 0.522. The van der Waals surface area contributed by atoms with Crippen LogP contribution in [-0.4, -0.2) is 50.8 Å². The first-order valence-electron chi connectivity index (χ1n) is 11.0.